The molecule has 2 aliphatic heterocycles. The molecule has 9 heteroatoms. The smallest absolute Gasteiger partial charge is 0.254 e. The molecule has 0 saturated carbocycles. The number of hydrogen-bond acceptors (Lipinski definition) is 7. The molecule has 0 atom stereocenters. The molecule has 0 N–H and O–H groups in total. The standard InChI is InChI=1S/C27H29N5O4/c1-3-30(27(34)21-8-10-23-24(16-21)36-18-35-23)17-26(33)32-14-12-31(13-15-32)25-11-9-22(28-29-25)20-6-4-19(2)5-7-20/h4-11,16H,3,12-15,17-18H2,1-2H3. The van der Waals surface area contributed by atoms with E-state index in [4.69, 9.17) is 9.47 Å². The van der Waals surface area contributed by atoms with Gasteiger partial charge in [0.05, 0.1) is 5.69 Å². The lowest BCUT2D eigenvalue weighted by atomic mass is 10.1. The summed E-state index contributed by atoms with van der Waals surface area (Å²) in [7, 11) is 0. The van der Waals surface area contributed by atoms with Crippen molar-refractivity contribution >= 4 is 17.6 Å². The lowest BCUT2D eigenvalue weighted by Crippen LogP contribution is -2.52. The summed E-state index contributed by atoms with van der Waals surface area (Å²) < 4.78 is 10.7. The number of rotatable bonds is 6. The Hall–Kier alpha value is -4.14. The average molecular weight is 488 g/mol. The quantitative estimate of drug-likeness (QED) is 0.528. The zero-order chi connectivity index (χ0) is 25.1. The van der Waals surface area contributed by atoms with Crippen LogP contribution in [0.3, 0.4) is 0 Å². The number of aromatic nitrogens is 2. The van der Waals surface area contributed by atoms with Crippen LogP contribution in [-0.2, 0) is 4.79 Å². The first-order valence-electron chi connectivity index (χ1n) is 12.1. The first-order valence-corrected chi connectivity index (χ1v) is 12.1. The van der Waals surface area contributed by atoms with Crippen molar-refractivity contribution in [1.82, 2.24) is 20.0 Å². The van der Waals surface area contributed by atoms with Crippen molar-refractivity contribution < 1.29 is 19.1 Å². The number of likely N-dealkylation sites (N-methyl/N-ethyl adjacent to an activating group) is 1. The summed E-state index contributed by atoms with van der Waals surface area (Å²) in [5.41, 5.74) is 3.55. The van der Waals surface area contributed by atoms with Gasteiger partial charge in [0, 0.05) is 43.9 Å². The number of anilines is 1. The number of ether oxygens (including phenoxy) is 2. The molecule has 1 fully saturated rings. The van der Waals surface area contributed by atoms with Crippen molar-refractivity contribution in [2.45, 2.75) is 13.8 Å². The Morgan fingerprint density at radius 2 is 1.67 bits per heavy atom. The number of amides is 2. The van der Waals surface area contributed by atoms with E-state index in [9.17, 15) is 9.59 Å². The molecule has 3 aromatic rings. The third-order valence-corrected chi connectivity index (χ3v) is 6.57. The van der Waals surface area contributed by atoms with E-state index in [0.29, 0.717) is 49.8 Å². The van der Waals surface area contributed by atoms with Gasteiger partial charge < -0.3 is 24.2 Å². The molecule has 36 heavy (non-hydrogen) atoms. The highest BCUT2D eigenvalue weighted by atomic mass is 16.7. The number of nitrogens with zero attached hydrogens (tertiary/aromatic N) is 5. The molecule has 1 saturated heterocycles. The van der Waals surface area contributed by atoms with Crippen molar-refractivity contribution in [3.05, 3.63) is 65.7 Å². The minimum Gasteiger partial charge on any atom is -0.454 e. The monoisotopic (exact) mass is 487 g/mol. The van der Waals surface area contributed by atoms with Crippen molar-refractivity contribution in [2.24, 2.45) is 0 Å². The zero-order valence-electron chi connectivity index (χ0n) is 20.5. The maximum atomic E-state index is 13.0. The Morgan fingerprint density at radius 1 is 0.917 bits per heavy atom. The molecular formula is C27H29N5O4. The highest BCUT2D eigenvalue weighted by Crippen LogP contribution is 2.32. The Labute approximate surface area is 210 Å². The first-order chi connectivity index (χ1) is 17.5. The molecule has 2 amide bonds. The van der Waals surface area contributed by atoms with Crippen LogP contribution in [0.1, 0.15) is 22.8 Å². The SMILES string of the molecule is CCN(CC(=O)N1CCN(c2ccc(-c3ccc(C)cc3)nn2)CC1)C(=O)c1ccc2c(c1)OCO2. The number of hydrogen-bond donors (Lipinski definition) is 0. The van der Waals surface area contributed by atoms with Gasteiger partial charge in [-0.25, -0.2) is 0 Å². The largest absolute Gasteiger partial charge is 0.454 e. The number of carbonyl (C=O) groups excluding carboxylic acids is 2. The summed E-state index contributed by atoms with van der Waals surface area (Å²) in [6, 6.07) is 17.2. The van der Waals surface area contributed by atoms with Gasteiger partial charge in [0.15, 0.2) is 17.3 Å². The highest BCUT2D eigenvalue weighted by Gasteiger charge is 2.26. The van der Waals surface area contributed by atoms with Crippen LogP contribution in [0.15, 0.2) is 54.6 Å². The number of benzene rings is 2. The van der Waals surface area contributed by atoms with Crippen LogP contribution < -0.4 is 14.4 Å². The van der Waals surface area contributed by atoms with E-state index in [1.807, 2.05) is 31.2 Å². The average Bonchev–Trinajstić information content (AvgIpc) is 3.40. The van der Waals surface area contributed by atoms with E-state index in [1.54, 1.807) is 28.0 Å². The third kappa shape index (κ3) is 4.95. The summed E-state index contributed by atoms with van der Waals surface area (Å²) >= 11 is 0. The lowest BCUT2D eigenvalue weighted by molar-refractivity contribution is -0.132. The van der Waals surface area contributed by atoms with Crippen molar-refractivity contribution in [2.75, 3.05) is 51.0 Å². The topological polar surface area (TPSA) is 88.1 Å². The summed E-state index contributed by atoms with van der Waals surface area (Å²) in [5, 5.41) is 8.81. The van der Waals surface area contributed by atoms with Gasteiger partial charge in [0.2, 0.25) is 12.7 Å². The number of carbonyl (C=O) groups is 2. The fraction of sp³-hybridized carbons (Fsp3) is 0.333. The Morgan fingerprint density at radius 3 is 2.36 bits per heavy atom. The molecule has 9 nitrogen and oxygen atoms in total. The van der Waals surface area contributed by atoms with E-state index in [2.05, 4.69) is 34.2 Å². The van der Waals surface area contributed by atoms with Gasteiger partial charge in [-0.1, -0.05) is 29.8 Å². The molecule has 0 radical (unpaired) electrons. The highest BCUT2D eigenvalue weighted by molar-refractivity contribution is 5.97. The molecule has 0 bridgehead atoms. The van der Waals surface area contributed by atoms with Crippen LogP contribution in [0.5, 0.6) is 11.5 Å². The van der Waals surface area contributed by atoms with Gasteiger partial charge in [0.25, 0.3) is 5.91 Å². The van der Waals surface area contributed by atoms with Gasteiger partial charge in [-0.05, 0) is 44.2 Å². The summed E-state index contributed by atoms with van der Waals surface area (Å²) in [6.45, 7) is 6.99. The van der Waals surface area contributed by atoms with Crippen LogP contribution in [0.2, 0.25) is 0 Å². The van der Waals surface area contributed by atoms with E-state index in [1.165, 1.54) is 5.56 Å². The predicted octanol–water partition coefficient (Wildman–Crippen LogP) is 2.99. The fourth-order valence-electron chi connectivity index (χ4n) is 4.36. The minimum absolute atomic E-state index is 0.0365. The summed E-state index contributed by atoms with van der Waals surface area (Å²) in [4.78, 5) is 31.5. The van der Waals surface area contributed by atoms with Gasteiger partial charge in [-0.2, -0.15) is 0 Å². The molecule has 0 spiro atoms. The van der Waals surface area contributed by atoms with Crippen LogP contribution >= 0.6 is 0 Å². The molecule has 2 aliphatic rings. The Bertz CT molecular complexity index is 1240. The minimum atomic E-state index is -0.202. The molecule has 1 aromatic heterocycles. The normalized spacial score (nSPS) is 14.6. The second-order valence-electron chi connectivity index (χ2n) is 8.90. The van der Waals surface area contributed by atoms with Crippen LogP contribution in [0.4, 0.5) is 5.82 Å². The molecule has 5 rings (SSSR count). The molecule has 186 valence electrons. The molecule has 3 heterocycles. The third-order valence-electron chi connectivity index (χ3n) is 6.57. The maximum absolute atomic E-state index is 13.0. The maximum Gasteiger partial charge on any atom is 0.254 e. The predicted molar refractivity (Wildman–Crippen MR) is 135 cm³/mol. The zero-order valence-corrected chi connectivity index (χ0v) is 20.5. The number of fused-ring (bicyclic) bond motifs is 1. The Balaban J connectivity index is 1.16. The number of piperazine rings is 1. The second-order valence-corrected chi connectivity index (χ2v) is 8.90. The summed E-state index contributed by atoms with van der Waals surface area (Å²) in [6.07, 6.45) is 0. The molecule has 2 aromatic carbocycles. The molecule has 0 aliphatic carbocycles. The lowest BCUT2D eigenvalue weighted by Gasteiger charge is -2.36. The van der Waals surface area contributed by atoms with E-state index < -0.39 is 0 Å². The first kappa shape index (κ1) is 23.6. The van der Waals surface area contributed by atoms with Crippen LogP contribution in [0.25, 0.3) is 11.3 Å². The van der Waals surface area contributed by atoms with Crippen LogP contribution in [-0.4, -0.2) is 77.9 Å². The fourth-order valence-corrected chi connectivity index (χ4v) is 4.36. The van der Waals surface area contributed by atoms with Crippen molar-refractivity contribution in [3.63, 3.8) is 0 Å². The molecule has 0 unspecified atom stereocenters. The van der Waals surface area contributed by atoms with E-state index in [-0.39, 0.29) is 25.2 Å². The van der Waals surface area contributed by atoms with Crippen LogP contribution in [0, 0.1) is 6.92 Å². The number of aryl methyl sites for hydroxylation is 1. The Kier molecular flexibility index (Phi) is 6.71. The molecular weight excluding hydrogens is 458 g/mol. The van der Waals surface area contributed by atoms with E-state index >= 15 is 0 Å². The van der Waals surface area contributed by atoms with E-state index in [0.717, 1.165) is 17.1 Å². The summed E-state index contributed by atoms with van der Waals surface area (Å²) in [5.74, 6) is 1.71. The van der Waals surface area contributed by atoms with Crippen molar-refractivity contribution in [1.29, 1.82) is 0 Å². The van der Waals surface area contributed by atoms with Gasteiger partial charge in [-0.15, -0.1) is 10.2 Å². The van der Waals surface area contributed by atoms with Gasteiger partial charge >= 0.3 is 0 Å². The van der Waals surface area contributed by atoms with Gasteiger partial charge in [0.1, 0.15) is 6.54 Å². The van der Waals surface area contributed by atoms with Crippen molar-refractivity contribution in [3.8, 4) is 22.8 Å². The second kappa shape index (κ2) is 10.2. The van der Waals surface area contributed by atoms with Gasteiger partial charge in [-0.3, -0.25) is 9.59 Å².